The van der Waals surface area contributed by atoms with Crippen molar-refractivity contribution in [1.29, 1.82) is 0 Å². The summed E-state index contributed by atoms with van der Waals surface area (Å²) < 4.78 is 0. The van der Waals surface area contributed by atoms with E-state index in [1.54, 1.807) is 19.2 Å². The van der Waals surface area contributed by atoms with Crippen molar-refractivity contribution in [1.82, 2.24) is 0 Å². The number of aromatic hydroxyl groups is 1. The maximum atomic E-state index is 9.43. The number of phenols is 1. The lowest BCUT2D eigenvalue weighted by atomic mass is 10.1. The molecular weight excluding hydrogens is 152 g/mol. The fourth-order valence-corrected chi connectivity index (χ4v) is 1.11. The van der Waals surface area contributed by atoms with Crippen LogP contribution in [0.1, 0.15) is 11.1 Å². The van der Waals surface area contributed by atoms with E-state index >= 15 is 0 Å². The molecule has 3 heteroatoms. The van der Waals surface area contributed by atoms with Gasteiger partial charge in [0, 0.05) is 7.05 Å². The van der Waals surface area contributed by atoms with E-state index < -0.39 is 0 Å². The minimum Gasteiger partial charge on any atom is -0.507 e. The summed E-state index contributed by atoms with van der Waals surface area (Å²) in [6.45, 7) is 3.69. The Bertz CT molecular complexity index is 295. The third-order valence-corrected chi connectivity index (χ3v) is 1.69. The lowest BCUT2D eigenvalue weighted by molar-refractivity contribution is 0.467. The Labute approximate surface area is 71.8 Å². The normalized spacial score (nSPS) is 10.9. The molecule has 64 valence electrons. The molecule has 0 saturated heterocycles. The highest BCUT2D eigenvalue weighted by Crippen LogP contribution is 2.26. The molecule has 12 heavy (non-hydrogen) atoms. The Hall–Kier alpha value is -1.38. The smallest absolute Gasteiger partial charge is 0.121 e. The highest BCUT2D eigenvalue weighted by Gasteiger charge is 2.01. The average Bonchev–Trinajstić information content (AvgIpc) is 2.01. The quantitative estimate of drug-likeness (QED) is 0.637. The van der Waals surface area contributed by atoms with Crippen LogP contribution in [0.15, 0.2) is 22.4 Å². The van der Waals surface area contributed by atoms with Crippen LogP contribution in [0.2, 0.25) is 0 Å². The van der Waals surface area contributed by atoms with Crippen molar-refractivity contribution in [3.05, 3.63) is 23.3 Å². The molecule has 1 aromatic carbocycles. The van der Waals surface area contributed by atoms with Crippen LogP contribution in [0.5, 0.6) is 5.75 Å². The van der Waals surface area contributed by atoms with Gasteiger partial charge in [0.05, 0.1) is 5.69 Å². The van der Waals surface area contributed by atoms with Gasteiger partial charge in [0.1, 0.15) is 5.75 Å². The van der Waals surface area contributed by atoms with Crippen molar-refractivity contribution >= 4 is 5.69 Å². The van der Waals surface area contributed by atoms with Gasteiger partial charge in [0.2, 0.25) is 0 Å². The Morgan fingerprint density at radius 1 is 1.17 bits per heavy atom. The second-order valence-corrected chi connectivity index (χ2v) is 2.73. The van der Waals surface area contributed by atoms with Gasteiger partial charge in [-0.25, -0.2) is 0 Å². The minimum atomic E-state index is 0.338. The number of azo groups is 1. The molecule has 1 aromatic rings. The van der Waals surface area contributed by atoms with Crippen LogP contribution >= 0.6 is 0 Å². The van der Waals surface area contributed by atoms with Crippen molar-refractivity contribution in [3.8, 4) is 5.75 Å². The molecule has 0 amide bonds. The van der Waals surface area contributed by atoms with E-state index in [1.807, 2.05) is 13.8 Å². The zero-order valence-corrected chi connectivity index (χ0v) is 7.50. The lowest BCUT2D eigenvalue weighted by Gasteiger charge is -2.02. The molecule has 0 bridgehead atoms. The van der Waals surface area contributed by atoms with E-state index in [1.165, 1.54) is 0 Å². The van der Waals surface area contributed by atoms with E-state index in [2.05, 4.69) is 10.2 Å². The molecular formula is C9H12N2O. The van der Waals surface area contributed by atoms with Gasteiger partial charge in [-0.3, -0.25) is 0 Å². The molecule has 0 unspecified atom stereocenters. The number of aryl methyl sites for hydroxylation is 2. The number of hydrogen-bond acceptors (Lipinski definition) is 3. The summed E-state index contributed by atoms with van der Waals surface area (Å²) in [7, 11) is 1.62. The third kappa shape index (κ3) is 1.61. The molecule has 0 radical (unpaired) electrons. The van der Waals surface area contributed by atoms with E-state index in [4.69, 9.17) is 0 Å². The van der Waals surface area contributed by atoms with Gasteiger partial charge in [-0.15, -0.1) is 0 Å². The monoisotopic (exact) mass is 164 g/mol. The van der Waals surface area contributed by atoms with Gasteiger partial charge in [0.15, 0.2) is 0 Å². The molecule has 0 aliphatic rings. The molecule has 0 aliphatic carbocycles. The molecule has 0 heterocycles. The van der Waals surface area contributed by atoms with Crippen molar-refractivity contribution in [2.45, 2.75) is 13.8 Å². The maximum Gasteiger partial charge on any atom is 0.121 e. The summed E-state index contributed by atoms with van der Waals surface area (Å²) in [6.07, 6.45) is 0. The molecule has 3 nitrogen and oxygen atoms in total. The number of hydrogen-bond donors (Lipinski definition) is 1. The summed E-state index contributed by atoms with van der Waals surface area (Å²) >= 11 is 0. The Balaban J connectivity index is 3.21. The summed E-state index contributed by atoms with van der Waals surface area (Å²) in [6, 6.07) is 3.60. The molecule has 0 aliphatic heterocycles. The summed E-state index contributed by atoms with van der Waals surface area (Å²) in [4.78, 5) is 0. The van der Waals surface area contributed by atoms with E-state index in [0.29, 0.717) is 5.75 Å². The molecule has 1 rings (SSSR count). The first-order valence-electron chi connectivity index (χ1n) is 3.75. The Kier molecular flexibility index (Phi) is 2.43. The molecule has 0 saturated carbocycles. The van der Waals surface area contributed by atoms with Gasteiger partial charge >= 0.3 is 0 Å². The van der Waals surface area contributed by atoms with E-state index in [0.717, 1.165) is 16.8 Å². The zero-order valence-electron chi connectivity index (χ0n) is 7.50. The fourth-order valence-electron chi connectivity index (χ4n) is 1.11. The van der Waals surface area contributed by atoms with Crippen LogP contribution in [0.4, 0.5) is 5.69 Å². The van der Waals surface area contributed by atoms with Gasteiger partial charge in [-0.1, -0.05) is 0 Å². The average molecular weight is 164 g/mol. The second-order valence-electron chi connectivity index (χ2n) is 2.73. The highest BCUT2D eigenvalue weighted by molar-refractivity contribution is 5.50. The van der Waals surface area contributed by atoms with Crippen LogP contribution in [-0.4, -0.2) is 12.2 Å². The number of nitrogens with zero attached hydrogens (tertiary/aromatic N) is 2. The maximum absolute atomic E-state index is 9.43. The topological polar surface area (TPSA) is 45.0 Å². The van der Waals surface area contributed by atoms with Crippen molar-refractivity contribution < 1.29 is 5.11 Å². The number of benzene rings is 1. The number of rotatable bonds is 1. The van der Waals surface area contributed by atoms with Gasteiger partial charge in [0.25, 0.3) is 0 Å². The van der Waals surface area contributed by atoms with Crippen LogP contribution in [0, 0.1) is 13.8 Å². The predicted molar refractivity (Wildman–Crippen MR) is 48.0 cm³/mol. The standard InChI is InChI=1S/C9H12N2O/c1-6-4-8(11-10-3)5-7(2)9(6)12/h4-5,12H,1-3H3. The molecule has 0 fully saturated rings. The summed E-state index contributed by atoms with van der Waals surface area (Å²) in [5, 5.41) is 17.0. The molecule has 0 atom stereocenters. The van der Waals surface area contributed by atoms with Crippen molar-refractivity contribution in [3.63, 3.8) is 0 Å². The van der Waals surface area contributed by atoms with Crippen LogP contribution in [0.3, 0.4) is 0 Å². The predicted octanol–water partition coefficient (Wildman–Crippen LogP) is 2.72. The van der Waals surface area contributed by atoms with Crippen LogP contribution < -0.4 is 0 Å². The summed E-state index contributed by atoms with van der Waals surface area (Å²) in [5.74, 6) is 0.338. The first-order valence-corrected chi connectivity index (χ1v) is 3.75. The SMILES string of the molecule is CN=Nc1cc(C)c(O)c(C)c1. The van der Waals surface area contributed by atoms with E-state index in [-0.39, 0.29) is 0 Å². The minimum absolute atomic E-state index is 0.338. The number of phenolic OH excluding ortho intramolecular Hbond substituents is 1. The Morgan fingerprint density at radius 2 is 1.67 bits per heavy atom. The van der Waals surface area contributed by atoms with Gasteiger partial charge in [-0.2, -0.15) is 10.2 Å². The molecule has 0 aromatic heterocycles. The van der Waals surface area contributed by atoms with Gasteiger partial charge < -0.3 is 5.11 Å². The van der Waals surface area contributed by atoms with Crippen LogP contribution in [-0.2, 0) is 0 Å². The first-order chi connectivity index (χ1) is 5.65. The van der Waals surface area contributed by atoms with Crippen molar-refractivity contribution in [2.24, 2.45) is 10.2 Å². The van der Waals surface area contributed by atoms with Gasteiger partial charge in [-0.05, 0) is 37.1 Å². The molecule has 1 N–H and O–H groups in total. The van der Waals surface area contributed by atoms with Crippen molar-refractivity contribution in [2.75, 3.05) is 7.05 Å². The lowest BCUT2D eigenvalue weighted by Crippen LogP contribution is -1.79. The van der Waals surface area contributed by atoms with E-state index in [9.17, 15) is 5.11 Å². The fraction of sp³-hybridized carbons (Fsp3) is 0.333. The highest BCUT2D eigenvalue weighted by atomic mass is 16.3. The molecule has 0 spiro atoms. The Morgan fingerprint density at radius 3 is 2.08 bits per heavy atom. The van der Waals surface area contributed by atoms with Crippen LogP contribution in [0.25, 0.3) is 0 Å². The largest absolute Gasteiger partial charge is 0.507 e. The first kappa shape index (κ1) is 8.71. The third-order valence-electron chi connectivity index (χ3n) is 1.69. The second kappa shape index (κ2) is 3.34. The zero-order chi connectivity index (χ0) is 9.14. The summed E-state index contributed by atoms with van der Waals surface area (Å²) in [5.41, 5.74) is 2.44.